The van der Waals surface area contributed by atoms with Gasteiger partial charge in [-0.25, -0.2) is 13.2 Å². The predicted molar refractivity (Wildman–Crippen MR) is 108 cm³/mol. The molecule has 1 amide bonds. The number of amides is 1. The number of ether oxygens (including phenoxy) is 1. The second kappa shape index (κ2) is 7.35. The summed E-state index contributed by atoms with van der Waals surface area (Å²) in [6.07, 6.45) is 0.649. The third kappa shape index (κ3) is 3.47. The van der Waals surface area contributed by atoms with Crippen LogP contribution in [0.3, 0.4) is 0 Å². The normalized spacial score (nSPS) is 18.4. The number of phenolic OH excluding ortho intramolecular Hbond substituents is 1. The monoisotopic (exact) mass is 416 g/mol. The molecule has 0 aliphatic carbocycles. The van der Waals surface area contributed by atoms with Crippen LogP contribution in [0.4, 0.5) is 10.5 Å². The highest BCUT2D eigenvalue weighted by atomic mass is 32.2. The molecule has 0 aromatic heterocycles. The number of nitrogens with zero attached hydrogens (tertiary/aromatic N) is 2. The van der Waals surface area contributed by atoms with Crippen LogP contribution in [0.2, 0.25) is 0 Å². The Morgan fingerprint density at radius 1 is 1.07 bits per heavy atom. The summed E-state index contributed by atoms with van der Waals surface area (Å²) in [6.45, 7) is 4.54. The third-order valence-corrected chi connectivity index (χ3v) is 7.61. The Bertz CT molecular complexity index is 1060. The van der Waals surface area contributed by atoms with Crippen LogP contribution in [0.5, 0.6) is 5.75 Å². The number of hydrogen-bond acceptors (Lipinski definition) is 5. The van der Waals surface area contributed by atoms with E-state index in [-0.39, 0.29) is 29.4 Å². The fraction of sp³-hybridized carbons (Fsp3) is 0.381. The number of rotatable bonds is 3. The number of aryl methyl sites for hydroxylation is 2. The number of carbonyl (C=O) groups is 1. The van der Waals surface area contributed by atoms with Crippen LogP contribution in [-0.2, 0) is 21.4 Å². The standard InChI is InChI=1S/C21H24N2O5S/c1-14-6-7-18(12-19(14)24)29(26,27)22-10-8-17(9-11-22)23-20-15(2)4-3-5-16(20)13-28-21(23)25/h3-7,12,17,24H,8-11,13H2,1-2H3. The van der Waals surface area contributed by atoms with Gasteiger partial charge in [-0.05, 0) is 43.9 Å². The van der Waals surface area contributed by atoms with Gasteiger partial charge in [-0.2, -0.15) is 4.31 Å². The number of aromatic hydroxyl groups is 1. The smallest absolute Gasteiger partial charge is 0.414 e. The second-order valence-corrected chi connectivity index (χ2v) is 9.53. The van der Waals surface area contributed by atoms with E-state index in [0.717, 1.165) is 16.8 Å². The van der Waals surface area contributed by atoms with Gasteiger partial charge >= 0.3 is 6.09 Å². The van der Waals surface area contributed by atoms with Crippen molar-refractivity contribution in [3.8, 4) is 5.75 Å². The number of fused-ring (bicyclic) bond motifs is 1. The average molecular weight is 416 g/mol. The molecular formula is C21H24N2O5S. The third-order valence-electron chi connectivity index (χ3n) is 5.72. The predicted octanol–water partition coefficient (Wildman–Crippen LogP) is 3.32. The molecule has 2 aliphatic rings. The number of piperidine rings is 1. The summed E-state index contributed by atoms with van der Waals surface area (Å²) in [5, 5.41) is 9.88. The molecule has 2 aromatic carbocycles. The zero-order valence-corrected chi connectivity index (χ0v) is 17.3. The summed E-state index contributed by atoms with van der Waals surface area (Å²) in [5.41, 5.74) is 3.48. The fourth-order valence-electron chi connectivity index (χ4n) is 4.05. The molecule has 2 aliphatic heterocycles. The van der Waals surface area contributed by atoms with E-state index >= 15 is 0 Å². The van der Waals surface area contributed by atoms with E-state index in [4.69, 9.17) is 4.74 Å². The Hall–Kier alpha value is -2.58. The van der Waals surface area contributed by atoms with Crippen molar-refractivity contribution in [3.63, 3.8) is 0 Å². The molecule has 154 valence electrons. The first kappa shape index (κ1) is 19.7. The van der Waals surface area contributed by atoms with Crippen molar-refractivity contribution in [1.82, 2.24) is 4.31 Å². The number of carbonyl (C=O) groups excluding carboxylic acids is 1. The Labute approximate surface area is 170 Å². The van der Waals surface area contributed by atoms with Crippen LogP contribution in [-0.4, -0.2) is 43.1 Å². The van der Waals surface area contributed by atoms with Crippen molar-refractivity contribution < 1.29 is 23.1 Å². The molecule has 7 nitrogen and oxygen atoms in total. The molecule has 0 atom stereocenters. The largest absolute Gasteiger partial charge is 0.508 e. The first-order valence-corrected chi connectivity index (χ1v) is 11.1. The van der Waals surface area contributed by atoms with E-state index in [1.165, 1.54) is 16.4 Å². The summed E-state index contributed by atoms with van der Waals surface area (Å²) in [7, 11) is -3.70. The van der Waals surface area contributed by atoms with Crippen LogP contribution in [0.25, 0.3) is 0 Å². The molecular weight excluding hydrogens is 392 g/mol. The van der Waals surface area contributed by atoms with Crippen LogP contribution in [0, 0.1) is 13.8 Å². The summed E-state index contributed by atoms with van der Waals surface area (Å²) < 4.78 is 32.7. The van der Waals surface area contributed by atoms with Gasteiger partial charge in [-0.1, -0.05) is 24.3 Å². The number of phenols is 1. The van der Waals surface area contributed by atoms with Gasteiger partial charge in [0, 0.05) is 30.8 Å². The van der Waals surface area contributed by atoms with Gasteiger partial charge in [0.05, 0.1) is 10.6 Å². The Balaban J connectivity index is 1.54. The van der Waals surface area contributed by atoms with Gasteiger partial charge in [0.25, 0.3) is 0 Å². The number of para-hydroxylation sites is 1. The number of sulfonamides is 1. The molecule has 0 bridgehead atoms. The molecule has 29 heavy (non-hydrogen) atoms. The molecule has 1 saturated heterocycles. The van der Waals surface area contributed by atoms with Gasteiger partial charge in [-0.3, -0.25) is 4.90 Å². The highest BCUT2D eigenvalue weighted by molar-refractivity contribution is 7.89. The van der Waals surface area contributed by atoms with Crippen molar-refractivity contribution in [2.45, 2.75) is 44.2 Å². The van der Waals surface area contributed by atoms with Crippen LogP contribution >= 0.6 is 0 Å². The lowest BCUT2D eigenvalue weighted by molar-refractivity contribution is 0.135. The van der Waals surface area contributed by atoms with Crippen LogP contribution in [0.15, 0.2) is 41.3 Å². The molecule has 1 N–H and O–H groups in total. The number of cyclic esters (lactones) is 1. The van der Waals surface area contributed by atoms with Crippen molar-refractivity contribution in [2.75, 3.05) is 18.0 Å². The quantitative estimate of drug-likeness (QED) is 0.829. The van der Waals surface area contributed by atoms with Gasteiger partial charge in [0.15, 0.2) is 0 Å². The highest BCUT2D eigenvalue weighted by Gasteiger charge is 2.37. The Kier molecular flexibility index (Phi) is 5.00. The Morgan fingerprint density at radius 2 is 1.79 bits per heavy atom. The Morgan fingerprint density at radius 3 is 2.48 bits per heavy atom. The van der Waals surface area contributed by atoms with Crippen molar-refractivity contribution in [3.05, 3.63) is 53.1 Å². The molecule has 4 rings (SSSR count). The fourth-order valence-corrected chi connectivity index (χ4v) is 5.54. The average Bonchev–Trinajstić information content (AvgIpc) is 2.70. The number of benzene rings is 2. The van der Waals surface area contributed by atoms with E-state index in [1.54, 1.807) is 17.9 Å². The highest BCUT2D eigenvalue weighted by Crippen LogP contribution is 2.35. The maximum absolute atomic E-state index is 13.0. The van der Waals surface area contributed by atoms with Gasteiger partial charge < -0.3 is 9.84 Å². The molecule has 8 heteroatoms. The lowest BCUT2D eigenvalue weighted by Crippen LogP contribution is -2.50. The lowest BCUT2D eigenvalue weighted by Gasteiger charge is -2.40. The maximum Gasteiger partial charge on any atom is 0.414 e. The second-order valence-electron chi connectivity index (χ2n) is 7.59. The molecule has 0 radical (unpaired) electrons. The first-order valence-electron chi connectivity index (χ1n) is 9.63. The zero-order chi connectivity index (χ0) is 20.8. The van der Waals surface area contributed by atoms with E-state index in [9.17, 15) is 18.3 Å². The minimum absolute atomic E-state index is 0.0379. The summed E-state index contributed by atoms with van der Waals surface area (Å²) in [6, 6.07) is 10.1. The lowest BCUT2D eigenvalue weighted by atomic mass is 10.00. The van der Waals surface area contributed by atoms with Crippen molar-refractivity contribution in [2.24, 2.45) is 0 Å². The van der Waals surface area contributed by atoms with Crippen LogP contribution < -0.4 is 4.90 Å². The molecule has 0 spiro atoms. The molecule has 1 fully saturated rings. The van der Waals surface area contributed by atoms with E-state index < -0.39 is 10.0 Å². The zero-order valence-electron chi connectivity index (χ0n) is 16.5. The van der Waals surface area contributed by atoms with E-state index in [0.29, 0.717) is 31.5 Å². The number of hydrogen-bond donors (Lipinski definition) is 1. The molecule has 0 saturated carbocycles. The minimum atomic E-state index is -3.70. The summed E-state index contributed by atoms with van der Waals surface area (Å²) >= 11 is 0. The van der Waals surface area contributed by atoms with Crippen LogP contribution in [0.1, 0.15) is 29.5 Å². The summed E-state index contributed by atoms with van der Waals surface area (Å²) in [5.74, 6) is -0.0379. The molecule has 0 unspecified atom stereocenters. The van der Waals surface area contributed by atoms with E-state index in [1.807, 2.05) is 25.1 Å². The van der Waals surface area contributed by atoms with Crippen molar-refractivity contribution in [1.29, 1.82) is 0 Å². The number of anilines is 1. The molecule has 2 aromatic rings. The summed E-state index contributed by atoms with van der Waals surface area (Å²) in [4.78, 5) is 14.3. The van der Waals surface area contributed by atoms with Gasteiger partial charge in [0.2, 0.25) is 10.0 Å². The van der Waals surface area contributed by atoms with Crippen molar-refractivity contribution >= 4 is 21.8 Å². The SMILES string of the molecule is Cc1ccc(S(=O)(=O)N2CCC(N3C(=O)OCc4cccc(C)c43)CC2)cc1O. The maximum atomic E-state index is 13.0. The topological polar surface area (TPSA) is 87.2 Å². The van der Waals surface area contributed by atoms with E-state index in [2.05, 4.69) is 0 Å². The molecule has 2 heterocycles. The first-order chi connectivity index (χ1) is 13.8. The minimum Gasteiger partial charge on any atom is -0.508 e. The van der Waals surface area contributed by atoms with Gasteiger partial charge in [0.1, 0.15) is 12.4 Å². The van der Waals surface area contributed by atoms with Gasteiger partial charge in [-0.15, -0.1) is 0 Å².